The Morgan fingerprint density at radius 3 is 2.64 bits per heavy atom. The molecular formula is C29H30N2O4S. The van der Waals surface area contributed by atoms with Crippen LogP contribution in [0.5, 0.6) is 5.75 Å². The van der Waals surface area contributed by atoms with Gasteiger partial charge in [0, 0.05) is 56.8 Å². The van der Waals surface area contributed by atoms with Gasteiger partial charge in [-0.1, -0.05) is 0 Å². The first-order valence-electron chi connectivity index (χ1n) is 12.2. The lowest BCUT2D eigenvalue weighted by atomic mass is 9.91. The molecule has 0 saturated heterocycles. The predicted octanol–water partition coefficient (Wildman–Crippen LogP) is 6.69. The Bertz CT molecular complexity index is 1410. The molecule has 1 aliphatic rings. The molecular weight excluding hydrogens is 472 g/mol. The summed E-state index contributed by atoms with van der Waals surface area (Å²) in [6, 6.07) is 10.1. The van der Waals surface area contributed by atoms with Crippen molar-refractivity contribution in [2.45, 2.75) is 52.7 Å². The Balaban J connectivity index is 1.84. The maximum atomic E-state index is 13.3. The zero-order chi connectivity index (χ0) is 25.4. The lowest BCUT2D eigenvalue weighted by molar-refractivity contribution is -0.166. The van der Waals surface area contributed by atoms with Crippen molar-refractivity contribution in [3.05, 3.63) is 64.9 Å². The van der Waals surface area contributed by atoms with E-state index in [2.05, 4.69) is 17.1 Å². The summed E-state index contributed by atoms with van der Waals surface area (Å²) in [5.74, 6) is 0.449. The molecule has 0 N–H and O–H groups in total. The fourth-order valence-electron chi connectivity index (χ4n) is 4.75. The van der Waals surface area contributed by atoms with E-state index in [1.807, 2.05) is 59.0 Å². The van der Waals surface area contributed by atoms with Gasteiger partial charge in [-0.15, -0.1) is 11.3 Å². The molecule has 0 radical (unpaired) electrons. The van der Waals surface area contributed by atoms with Crippen LogP contribution < -0.4 is 4.74 Å². The highest BCUT2D eigenvalue weighted by atomic mass is 32.1. The van der Waals surface area contributed by atoms with Gasteiger partial charge in [-0.25, -0.2) is 4.79 Å². The van der Waals surface area contributed by atoms with Crippen molar-refractivity contribution in [2.75, 3.05) is 13.2 Å². The summed E-state index contributed by atoms with van der Waals surface area (Å²) < 4.78 is 17.9. The van der Waals surface area contributed by atoms with Crippen molar-refractivity contribution < 1.29 is 19.0 Å². The molecule has 0 spiro atoms. The average Bonchev–Trinajstić information content (AvgIpc) is 3.20. The number of hydrogen-bond donors (Lipinski definition) is 0. The molecule has 0 saturated carbocycles. The maximum Gasteiger partial charge on any atom is 0.340 e. The third-order valence-electron chi connectivity index (χ3n) is 6.15. The SMILES string of the molecule is CCOC(=O)C(OC(C)(C)C)c1c(C)sc(-c2ccncc2)c1-c1ccc2c3c(ccnc13)CCO2. The lowest BCUT2D eigenvalue weighted by Gasteiger charge is -2.28. The van der Waals surface area contributed by atoms with Crippen LogP contribution in [0.4, 0.5) is 0 Å². The van der Waals surface area contributed by atoms with Crippen molar-refractivity contribution >= 4 is 28.2 Å². The molecule has 3 aromatic heterocycles. The number of thiophene rings is 1. The number of pyridine rings is 2. The summed E-state index contributed by atoms with van der Waals surface area (Å²) in [4.78, 5) is 24.4. The van der Waals surface area contributed by atoms with Crippen LogP contribution in [0, 0.1) is 6.92 Å². The zero-order valence-corrected chi connectivity index (χ0v) is 22.1. The summed E-state index contributed by atoms with van der Waals surface area (Å²) >= 11 is 1.64. The maximum absolute atomic E-state index is 13.3. The number of carbonyl (C=O) groups is 1. The van der Waals surface area contributed by atoms with Crippen molar-refractivity contribution in [1.82, 2.24) is 9.97 Å². The fraction of sp³-hybridized carbons (Fsp3) is 0.345. The van der Waals surface area contributed by atoms with E-state index in [0.29, 0.717) is 6.61 Å². The largest absolute Gasteiger partial charge is 0.493 e. The molecule has 186 valence electrons. The van der Waals surface area contributed by atoms with E-state index in [0.717, 1.165) is 55.1 Å². The first kappa shape index (κ1) is 24.4. The van der Waals surface area contributed by atoms with E-state index in [4.69, 9.17) is 19.2 Å². The number of aryl methyl sites for hydroxylation is 1. The second-order valence-electron chi connectivity index (χ2n) is 9.78. The second-order valence-corrected chi connectivity index (χ2v) is 11.0. The number of benzene rings is 1. The van der Waals surface area contributed by atoms with E-state index < -0.39 is 17.7 Å². The Labute approximate surface area is 215 Å². The number of esters is 1. The van der Waals surface area contributed by atoms with Crippen LogP contribution in [0.1, 0.15) is 49.8 Å². The molecule has 6 nitrogen and oxygen atoms in total. The quantitative estimate of drug-likeness (QED) is 0.274. The number of ether oxygens (including phenoxy) is 3. The summed E-state index contributed by atoms with van der Waals surface area (Å²) in [5, 5.41) is 1.03. The molecule has 5 rings (SSSR count). The number of carbonyl (C=O) groups excluding carboxylic acids is 1. The molecule has 4 heterocycles. The smallest absolute Gasteiger partial charge is 0.340 e. The van der Waals surface area contributed by atoms with E-state index in [1.54, 1.807) is 23.7 Å². The highest BCUT2D eigenvalue weighted by Crippen LogP contribution is 2.49. The van der Waals surface area contributed by atoms with Crippen molar-refractivity contribution in [3.8, 4) is 27.3 Å². The average molecular weight is 503 g/mol. The minimum atomic E-state index is -0.881. The van der Waals surface area contributed by atoms with Gasteiger partial charge in [0.05, 0.1) is 24.3 Å². The first-order valence-corrected chi connectivity index (χ1v) is 13.0. The number of aromatic nitrogens is 2. The monoisotopic (exact) mass is 502 g/mol. The Morgan fingerprint density at radius 2 is 1.92 bits per heavy atom. The van der Waals surface area contributed by atoms with Gasteiger partial charge in [-0.3, -0.25) is 9.97 Å². The van der Waals surface area contributed by atoms with Crippen LogP contribution in [0.2, 0.25) is 0 Å². The predicted molar refractivity (Wildman–Crippen MR) is 142 cm³/mol. The van der Waals surface area contributed by atoms with E-state index in [9.17, 15) is 4.79 Å². The van der Waals surface area contributed by atoms with Gasteiger partial charge in [0.2, 0.25) is 0 Å². The molecule has 0 bridgehead atoms. The summed E-state index contributed by atoms with van der Waals surface area (Å²) in [7, 11) is 0. The van der Waals surface area contributed by atoms with E-state index in [1.165, 1.54) is 5.56 Å². The summed E-state index contributed by atoms with van der Waals surface area (Å²) in [5.41, 5.74) is 5.24. The molecule has 1 unspecified atom stereocenters. The lowest BCUT2D eigenvalue weighted by Crippen LogP contribution is -2.29. The molecule has 1 aromatic carbocycles. The third-order valence-corrected chi connectivity index (χ3v) is 7.32. The van der Waals surface area contributed by atoms with Crippen LogP contribution >= 0.6 is 11.3 Å². The van der Waals surface area contributed by atoms with E-state index in [-0.39, 0.29) is 6.61 Å². The number of hydrogen-bond acceptors (Lipinski definition) is 7. The fourth-order valence-corrected chi connectivity index (χ4v) is 5.95. The number of nitrogens with zero attached hydrogens (tertiary/aromatic N) is 2. The standard InChI is InChI=1S/C29H30N2O4S/c1-6-33-28(32)26(35-29(3,4)5)22-17(2)36-27(19-9-13-30-14-10-19)24(22)20-7-8-21-23-18(12-16-34-21)11-15-31-25(20)23/h7-11,13-15,26H,6,12,16H2,1-5H3. The van der Waals surface area contributed by atoms with Crippen LogP contribution in [0.3, 0.4) is 0 Å². The van der Waals surface area contributed by atoms with Crippen molar-refractivity contribution in [3.63, 3.8) is 0 Å². The first-order chi connectivity index (χ1) is 17.3. The number of rotatable bonds is 6. The Kier molecular flexibility index (Phi) is 6.53. The highest BCUT2D eigenvalue weighted by Gasteiger charge is 2.35. The highest BCUT2D eigenvalue weighted by molar-refractivity contribution is 7.16. The van der Waals surface area contributed by atoms with Crippen molar-refractivity contribution in [2.24, 2.45) is 0 Å². The molecule has 4 aromatic rings. The molecule has 36 heavy (non-hydrogen) atoms. The van der Waals surface area contributed by atoms with Gasteiger partial charge in [-0.2, -0.15) is 0 Å². The van der Waals surface area contributed by atoms with Crippen LogP contribution in [-0.4, -0.2) is 34.8 Å². The van der Waals surface area contributed by atoms with Gasteiger partial charge in [0.15, 0.2) is 6.10 Å². The summed E-state index contributed by atoms with van der Waals surface area (Å²) in [6.07, 6.45) is 5.38. The van der Waals surface area contributed by atoms with Crippen LogP contribution in [-0.2, 0) is 20.7 Å². The molecule has 0 fully saturated rings. The Hall–Kier alpha value is -3.29. The third kappa shape index (κ3) is 4.49. The Morgan fingerprint density at radius 1 is 1.14 bits per heavy atom. The van der Waals surface area contributed by atoms with Gasteiger partial charge < -0.3 is 14.2 Å². The van der Waals surface area contributed by atoms with Crippen LogP contribution in [0.25, 0.3) is 32.5 Å². The van der Waals surface area contributed by atoms with Gasteiger partial charge in [-0.05, 0) is 76.1 Å². The molecule has 0 amide bonds. The minimum Gasteiger partial charge on any atom is -0.493 e. The van der Waals surface area contributed by atoms with Crippen molar-refractivity contribution in [1.29, 1.82) is 0 Å². The molecule has 1 atom stereocenters. The van der Waals surface area contributed by atoms with Gasteiger partial charge in [0.1, 0.15) is 5.75 Å². The van der Waals surface area contributed by atoms with Gasteiger partial charge in [0.25, 0.3) is 0 Å². The normalized spacial score (nSPS) is 13.9. The van der Waals surface area contributed by atoms with Crippen LogP contribution in [0.15, 0.2) is 48.9 Å². The minimum absolute atomic E-state index is 0.276. The zero-order valence-electron chi connectivity index (χ0n) is 21.3. The van der Waals surface area contributed by atoms with Gasteiger partial charge >= 0.3 is 5.97 Å². The molecule has 0 aliphatic carbocycles. The molecule has 7 heteroatoms. The molecule has 1 aliphatic heterocycles. The summed E-state index contributed by atoms with van der Waals surface area (Å²) in [6.45, 7) is 10.6. The second kappa shape index (κ2) is 9.64. The van der Waals surface area contributed by atoms with E-state index >= 15 is 0 Å². The topological polar surface area (TPSA) is 70.5 Å².